The Morgan fingerprint density at radius 2 is 2.00 bits per heavy atom. The monoisotopic (exact) mass is 242 g/mol. The molecule has 2 aliphatic rings. The van der Waals surface area contributed by atoms with Gasteiger partial charge in [0.25, 0.3) is 0 Å². The predicted molar refractivity (Wildman–Crippen MR) is 72.9 cm³/mol. The van der Waals surface area contributed by atoms with Crippen molar-refractivity contribution in [2.45, 2.75) is 68.7 Å². The third-order valence-corrected chi connectivity index (χ3v) is 5.85. The maximum absolute atomic E-state index is 6.07. The topological polar surface area (TPSA) is 38.0 Å². The molecule has 2 unspecified atom stereocenters. The van der Waals surface area contributed by atoms with Crippen molar-refractivity contribution in [1.29, 1.82) is 0 Å². The highest BCUT2D eigenvalue weighted by molar-refractivity contribution is 8.00. The summed E-state index contributed by atoms with van der Waals surface area (Å²) in [5, 5.41) is 4.60. The molecule has 94 valence electrons. The zero-order valence-electron chi connectivity index (χ0n) is 10.5. The second kappa shape index (κ2) is 5.74. The average Bonchev–Trinajstić information content (AvgIpc) is 2.34. The lowest BCUT2D eigenvalue weighted by Crippen LogP contribution is -2.62. The van der Waals surface area contributed by atoms with Gasteiger partial charge in [0.1, 0.15) is 0 Å². The fraction of sp³-hybridized carbons (Fsp3) is 1.00. The minimum absolute atomic E-state index is 0.227. The zero-order valence-corrected chi connectivity index (χ0v) is 11.3. The molecule has 3 N–H and O–H groups in total. The Kier molecular flexibility index (Phi) is 4.57. The van der Waals surface area contributed by atoms with E-state index in [-0.39, 0.29) is 5.54 Å². The fourth-order valence-electron chi connectivity index (χ4n) is 3.18. The molecule has 2 fully saturated rings. The molecule has 1 saturated heterocycles. The van der Waals surface area contributed by atoms with Gasteiger partial charge >= 0.3 is 0 Å². The average molecular weight is 242 g/mol. The molecule has 1 saturated carbocycles. The molecule has 1 aliphatic heterocycles. The third kappa shape index (κ3) is 2.74. The number of hydrogen-bond donors (Lipinski definition) is 2. The Morgan fingerprint density at radius 1 is 1.25 bits per heavy atom. The highest BCUT2D eigenvalue weighted by Crippen LogP contribution is 2.34. The summed E-state index contributed by atoms with van der Waals surface area (Å²) in [4.78, 5) is 0. The van der Waals surface area contributed by atoms with Gasteiger partial charge in [0.05, 0.1) is 0 Å². The molecule has 1 aliphatic carbocycles. The van der Waals surface area contributed by atoms with E-state index in [0.29, 0.717) is 5.25 Å². The van der Waals surface area contributed by atoms with Gasteiger partial charge in [-0.3, -0.25) is 0 Å². The minimum atomic E-state index is 0.227. The lowest BCUT2D eigenvalue weighted by Gasteiger charge is -2.45. The van der Waals surface area contributed by atoms with E-state index >= 15 is 0 Å². The highest BCUT2D eigenvalue weighted by Gasteiger charge is 2.38. The molecular formula is C13H26N2S. The lowest BCUT2D eigenvalue weighted by molar-refractivity contribution is 0.231. The van der Waals surface area contributed by atoms with Crippen LogP contribution < -0.4 is 11.1 Å². The van der Waals surface area contributed by atoms with Gasteiger partial charge < -0.3 is 11.1 Å². The van der Waals surface area contributed by atoms with Crippen molar-refractivity contribution in [2.75, 3.05) is 12.3 Å². The normalized spacial score (nSPS) is 37.5. The van der Waals surface area contributed by atoms with Crippen LogP contribution in [-0.4, -0.2) is 29.1 Å². The molecule has 0 radical (unpaired) electrons. The quantitative estimate of drug-likeness (QED) is 0.798. The van der Waals surface area contributed by atoms with Crippen molar-refractivity contribution in [3.63, 3.8) is 0 Å². The van der Waals surface area contributed by atoms with E-state index in [1.165, 1.54) is 50.7 Å². The summed E-state index contributed by atoms with van der Waals surface area (Å²) in [5.74, 6) is 1.31. The molecule has 0 bridgehead atoms. The van der Waals surface area contributed by atoms with Crippen LogP contribution in [0.3, 0.4) is 0 Å². The van der Waals surface area contributed by atoms with Gasteiger partial charge in [-0.25, -0.2) is 0 Å². The summed E-state index contributed by atoms with van der Waals surface area (Å²) in [6.07, 6.45) is 9.55. The number of hydrogen-bond acceptors (Lipinski definition) is 3. The van der Waals surface area contributed by atoms with Crippen LogP contribution in [0.25, 0.3) is 0 Å². The number of nitrogens with two attached hydrogens (primary N) is 1. The maximum atomic E-state index is 6.07. The van der Waals surface area contributed by atoms with Gasteiger partial charge in [0, 0.05) is 23.4 Å². The molecule has 2 nitrogen and oxygen atoms in total. The Hall–Kier alpha value is 0.270. The summed E-state index contributed by atoms with van der Waals surface area (Å²) in [5.41, 5.74) is 6.30. The van der Waals surface area contributed by atoms with Gasteiger partial charge in [0.15, 0.2) is 0 Å². The molecular weight excluding hydrogens is 216 g/mol. The first kappa shape index (κ1) is 12.7. The van der Waals surface area contributed by atoms with Crippen molar-refractivity contribution in [2.24, 2.45) is 5.73 Å². The van der Waals surface area contributed by atoms with Crippen LogP contribution in [0.2, 0.25) is 0 Å². The third-order valence-electron chi connectivity index (χ3n) is 4.37. The fourth-order valence-corrected chi connectivity index (χ4v) is 4.45. The van der Waals surface area contributed by atoms with Crippen molar-refractivity contribution in [3.05, 3.63) is 0 Å². The molecule has 3 heteroatoms. The summed E-state index contributed by atoms with van der Waals surface area (Å²) >= 11 is 2.10. The maximum Gasteiger partial charge on any atom is 0.0423 e. The van der Waals surface area contributed by atoms with Crippen molar-refractivity contribution in [3.8, 4) is 0 Å². The van der Waals surface area contributed by atoms with E-state index < -0.39 is 0 Å². The zero-order chi connectivity index (χ0) is 11.4. The summed E-state index contributed by atoms with van der Waals surface area (Å²) < 4.78 is 0. The first-order valence-electron chi connectivity index (χ1n) is 6.86. The molecule has 0 aromatic rings. The van der Waals surface area contributed by atoms with Crippen molar-refractivity contribution < 1.29 is 0 Å². The Labute approximate surface area is 104 Å². The van der Waals surface area contributed by atoms with Gasteiger partial charge in [-0.05, 0) is 31.4 Å². The minimum Gasteiger partial charge on any atom is -0.329 e. The van der Waals surface area contributed by atoms with Gasteiger partial charge in [0.2, 0.25) is 0 Å². The van der Waals surface area contributed by atoms with Crippen molar-refractivity contribution >= 4 is 11.8 Å². The summed E-state index contributed by atoms with van der Waals surface area (Å²) in [7, 11) is 0. The number of thioether (sulfide) groups is 1. The van der Waals surface area contributed by atoms with Crippen LogP contribution in [0.1, 0.15) is 51.9 Å². The first-order valence-corrected chi connectivity index (χ1v) is 7.91. The molecule has 16 heavy (non-hydrogen) atoms. The molecule has 2 rings (SSSR count). The van der Waals surface area contributed by atoms with Gasteiger partial charge in [-0.15, -0.1) is 0 Å². The standard InChI is InChI=1S/C13H26N2S/c1-11-13(10-14,8-5-9-16-11)15-12-6-3-2-4-7-12/h11-12,15H,2-10,14H2,1H3. The van der Waals surface area contributed by atoms with Gasteiger partial charge in [-0.2, -0.15) is 11.8 Å². The van der Waals surface area contributed by atoms with E-state index in [2.05, 4.69) is 24.0 Å². The molecule has 0 aromatic heterocycles. The summed E-state index contributed by atoms with van der Waals surface area (Å²) in [6, 6.07) is 0.735. The molecule has 1 heterocycles. The number of rotatable bonds is 3. The highest BCUT2D eigenvalue weighted by atomic mass is 32.2. The second-order valence-corrected chi connectivity index (χ2v) is 6.90. The molecule has 0 aromatic carbocycles. The van der Waals surface area contributed by atoms with Crippen LogP contribution >= 0.6 is 11.8 Å². The summed E-state index contributed by atoms with van der Waals surface area (Å²) in [6.45, 7) is 3.16. The molecule has 0 spiro atoms. The van der Waals surface area contributed by atoms with Crippen molar-refractivity contribution in [1.82, 2.24) is 5.32 Å². The predicted octanol–water partition coefficient (Wildman–Crippen LogP) is 2.52. The number of nitrogens with one attached hydrogen (secondary N) is 1. The van der Waals surface area contributed by atoms with E-state index in [1.54, 1.807) is 0 Å². The smallest absolute Gasteiger partial charge is 0.0423 e. The van der Waals surface area contributed by atoms with Crippen LogP contribution in [-0.2, 0) is 0 Å². The Balaban J connectivity index is 1.96. The Morgan fingerprint density at radius 3 is 2.62 bits per heavy atom. The second-order valence-electron chi connectivity index (χ2n) is 5.46. The SMILES string of the molecule is CC1SCCCC1(CN)NC1CCCCC1. The first-order chi connectivity index (χ1) is 7.77. The largest absolute Gasteiger partial charge is 0.329 e. The van der Waals surface area contributed by atoms with E-state index in [0.717, 1.165) is 12.6 Å². The molecule has 2 atom stereocenters. The van der Waals surface area contributed by atoms with Crippen LogP contribution in [0.4, 0.5) is 0 Å². The molecule has 0 amide bonds. The lowest BCUT2D eigenvalue weighted by atomic mass is 9.86. The Bertz CT molecular complexity index is 216. The van der Waals surface area contributed by atoms with E-state index in [1.807, 2.05) is 0 Å². The van der Waals surface area contributed by atoms with Gasteiger partial charge in [-0.1, -0.05) is 26.2 Å². The van der Waals surface area contributed by atoms with Crippen LogP contribution in [0.5, 0.6) is 0 Å². The van der Waals surface area contributed by atoms with E-state index in [4.69, 9.17) is 5.73 Å². The van der Waals surface area contributed by atoms with Crippen LogP contribution in [0, 0.1) is 0 Å². The van der Waals surface area contributed by atoms with Crippen LogP contribution in [0.15, 0.2) is 0 Å². The van der Waals surface area contributed by atoms with E-state index in [9.17, 15) is 0 Å².